The zero-order valence-electron chi connectivity index (χ0n) is 10.8. The van der Waals surface area contributed by atoms with Crippen LogP contribution in [0.5, 0.6) is 5.88 Å². The van der Waals surface area contributed by atoms with Crippen molar-refractivity contribution in [2.24, 2.45) is 0 Å². The fourth-order valence-corrected chi connectivity index (χ4v) is 2.14. The zero-order chi connectivity index (χ0) is 14.7. The van der Waals surface area contributed by atoms with Crippen molar-refractivity contribution in [1.82, 2.24) is 9.97 Å². The van der Waals surface area contributed by atoms with Crippen LogP contribution in [0.3, 0.4) is 0 Å². The van der Waals surface area contributed by atoms with Gasteiger partial charge in [-0.15, -0.1) is 0 Å². The third kappa shape index (κ3) is 3.46. The molecule has 1 heterocycles. The van der Waals surface area contributed by atoms with E-state index in [0.29, 0.717) is 10.0 Å². The number of rotatable bonds is 3. The topological polar surface area (TPSA) is 64.1 Å². The first-order valence-electron chi connectivity index (χ1n) is 5.65. The number of ether oxygens (including phenoxy) is 1. The van der Waals surface area contributed by atoms with Gasteiger partial charge < -0.3 is 4.74 Å². The molecule has 1 N–H and O–H groups in total. The van der Waals surface area contributed by atoms with Crippen LogP contribution in [0.4, 0.5) is 5.95 Å². The summed E-state index contributed by atoms with van der Waals surface area (Å²) >= 11 is 9.16. The molecule has 20 heavy (non-hydrogen) atoms. The van der Waals surface area contributed by atoms with Crippen LogP contribution in [0.15, 0.2) is 28.7 Å². The third-order valence-electron chi connectivity index (χ3n) is 2.47. The summed E-state index contributed by atoms with van der Waals surface area (Å²) in [5.41, 5.74) is 1.47. The second-order valence-corrected chi connectivity index (χ2v) is 5.24. The van der Waals surface area contributed by atoms with Crippen LogP contribution in [0.1, 0.15) is 15.9 Å². The Morgan fingerprint density at radius 2 is 2.10 bits per heavy atom. The van der Waals surface area contributed by atoms with Gasteiger partial charge in [-0.1, -0.05) is 23.2 Å². The molecule has 0 spiro atoms. The fraction of sp³-hybridized carbons (Fsp3) is 0.154. The third-order valence-corrected chi connectivity index (χ3v) is 3.36. The molecule has 7 heteroatoms. The quantitative estimate of drug-likeness (QED) is 0.855. The van der Waals surface area contributed by atoms with Gasteiger partial charge in [-0.05, 0) is 35.0 Å². The number of nitrogens with zero attached hydrogens (tertiary/aromatic N) is 2. The summed E-state index contributed by atoms with van der Waals surface area (Å²) in [7, 11) is 1.46. The van der Waals surface area contributed by atoms with Gasteiger partial charge in [0.05, 0.1) is 12.7 Å². The van der Waals surface area contributed by atoms with Crippen LogP contribution in [-0.2, 0) is 0 Å². The average Bonchev–Trinajstić information content (AvgIpc) is 2.40. The van der Waals surface area contributed by atoms with Gasteiger partial charge >= 0.3 is 0 Å². The average molecular weight is 357 g/mol. The second kappa shape index (κ2) is 6.19. The Balaban J connectivity index is 2.27. The van der Waals surface area contributed by atoms with E-state index >= 15 is 0 Å². The van der Waals surface area contributed by atoms with Crippen molar-refractivity contribution in [3.05, 3.63) is 45.0 Å². The van der Waals surface area contributed by atoms with E-state index in [2.05, 4.69) is 31.2 Å². The smallest absolute Gasteiger partial charge is 0.259 e. The molecular formula is C13H11BrClN3O2. The Morgan fingerprint density at radius 1 is 1.35 bits per heavy atom. The Labute approximate surface area is 129 Å². The maximum atomic E-state index is 12.2. The van der Waals surface area contributed by atoms with E-state index in [0.717, 1.165) is 5.56 Å². The number of hydrogen-bond acceptors (Lipinski definition) is 4. The van der Waals surface area contributed by atoms with Crippen molar-refractivity contribution in [2.75, 3.05) is 12.4 Å². The highest BCUT2D eigenvalue weighted by Gasteiger charge is 2.13. The van der Waals surface area contributed by atoms with E-state index in [9.17, 15) is 4.79 Å². The molecule has 104 valence electrons. The molecular weight excluding hydrogens is 346 g/mol. The van der Waals surface area contributed by atoms with Gasteiger partial charge in [0.25, 0.3) is 5.91 Å². The minimum Gasteiger partial charge on any atom is -0.481 e. The normalized spacial score (nSPS) is 10.2. The zero-order valence-corrected chi connectivity index (χ0v) is 13.1. The summed E-state index contributed by atoms with van der Waals surface area (Å²) in [4.78, 5) is 20.1. The molecule has 5 nitrogen and oxygen atoms in total. The number of hydrogen-bond donors (Lipinski definition) is 1. The molecule has 1 amide bonds. The number of anilines is 1. The summed E-state index contributed by atoms with van der Waals surface area (Å²) in [6, 6.07) is 6.93. The first-order chi connectivity index (χ1) is 9.49. The molecule has 0 saturated heterocycles. The number of aromatic nitrogens is 2. The highest BCUT2D eigenvalue weighted by molar-refractivity contribution is 9.10. The summed E-state index contributed by atoms with van der Waals surface area (Å²) in [5, 5.41) is 2.78. The van der Waals surface area contributed by atoms with Gasteiger partial charge in [0.1, 0.15) is 5.15 Å². The monoisotopic (exact) mass is 355 g/mol. The second-order valence-electron chi connectivity index (χ2n) is 3.99. The lowest BCUT2D eigenvalue weighted by Gasteiger charge is -2.08. The van der Waals surface area contributed by atoms with Crippen molar-refractivity contribution in [2.45, 2.75) is 6.92 Å². The Morgan fingerprint density at radius 3 is 2.80 bits per heavy atom. The van der Waals surface area contributed by atoms with Crippen molar-refractivity contribution in [3.8, 4) is 5.88 Å². The molecule has 1 aromatic carbocycles. The summed E-state index contributed by atoms with van der Waals surface area (Å²) < 4.78 is 5.66. The number of benzene rings is 1. The van der Waals surface area contributed by atoms with Crippen LogP contribution >= 0.6 is 27.5 Å². The van der Waals surface area contributed by atoms with E-state index in [-0.39, 0.29) is 22.9 Å². The highest BCUT2D eigenvalue weighted by Crippen LogP contribution is 2.20. The van der Waals surface area contributed by atoms with Gasteiger partial charge in [0, 0.05) is 10.5 Å². The molecule has 0 aliphatic rings. The van der Waals surface area contributed by atoms with E-state index in [1.54, 1.807) is 6.07 Å². The number of methoxy groups -OCH3 is 1. The largest absolute Gasteiger partial charge is 0.481 e. The Kier molecular flexibility index (Phi) is 4.57. The maximum Gasteiger partial charge on any atom is 0.259 e. The molecule has 0 bridgehead atoms. The standard InChI is InChI=1S/C13H11BrClN3O2/c1-7-3-4-9(14)8(5-7)12(19)18-13-16-10(15)6-11(17-13)20-2/h3-6H,1-2H3,(H,16,17,18,19). The van der Waals surface area contributed by atoms with Crippen molar-refractivity contribution >= 4 is 39.4 Å². The number of aryl methyl sites for hydroxylation is 1. The molecule has 0 aliphatic carbocycles. The molecule has 0 radical (unpaired) electrons. The molecule has 1 aromatic heterocycles. The first kappa shape index (κ1) is 14.7. The summed E-state index contributed by atoms with van der Waals surface area (Å²) in [6.45, 7) is 1.90. The molecule has 0 saturated carbocycles. The fourth-order valence-electron chi connectivity index (χ4n) is 1.54. The number of nitrogens with one attached hydrogen (secondary N) is 1. The van der Waals surface area contributed by atoms with E-state index < -0.39 is 0 Å². The van der Waals surface area contributed by atoms with Crippen LogP contribution in [0, 0.1) is 6.92 Å². The number of halogens is 2. The van der Waals surface area contributed by atoms with Gasteiger partial charge in [0.15, 0.2) is 0 Å². The number of amides is 1. The number of carbonyl (C=O) groups excluding carboxylic acids is 1. The van der Waals surface area contributed by atoms with Crippen LogP contribution in [-0.4, -0.2) is 23.0 Å². The van der Waals surface area contributed by atoms with Gasteiger partial charge in [0.2, 0.25) is 11.8 Å². The van der Waals surface area contributed by atoms with E-state index in [4.69, 9.17) is 16.3 Å². The molecule has 0 atom stereocenters. The molecule has 2 rings (SSSR count). The van der Waals surface area contributed by atoms with Gasteiger partial charge in [-0.3, -0.25) is 10.1 Å². The highest BCUT2D eigenvalue weighted by atomic mass is 79.9. The lowest BCUT2D eigenvalue weighted by atomic mass is 10.1. The van der Waals surface area contributed by atoms with Crippen molar-refractivity contribution in [3.63, 3.8) is 0 Å². The first-order valence-corrected chi connectivity index (χ1v) is 6.83. The van der Waals surface area contributed by atoms with Gasteiger partial charge in [-0.25, -0.2) is 4.98 Å². The van der Waals surface area contributed by atoms with Crippen molar-refractivity contribution < 1.29 is 9.53 Å². The van der Waals surface area contributed by atoms with Crippen LogP contribution in [0.2, 0.25) is 5.15 Å². The molecule has 0 aliphatic heterocycles. The molecule has 0 fully saturated rings. The number of carbonyl (C=O) groups is 1. The SMILES string of the molecule is COc1cc(Cl)nc(NC(=O)c2cc(C)ccc2Br)n1. The minimum atomic E-state index is -0.329. The van der Waals surface area contributed by atoms with E-state index in [1.165, 1.54) is 13.2 Å². The van der Waals surface area contributed by atoms with Crippen LogP contribution < -0.4 is 10.1 Å². The van der Waals surface area contributed by atoms with E-state index in [1.807, 2.05) is 19.1 Å². The predicted molar refractivity (Wildman–Crippen MR) is 80.4 cm³/mol. The Bertz CT molecular complexity index is 664. The maximum absolute atomic E-state index is 12.2. The summed E-state index contributed by atoms with van der Waals surface area (Å²) in [5.74, 6) is 0.0428. The lowest BCUT2D eigenvalue weighted by molar-refractivity contribution is 0.102. The predicted octanol–water partition coefficient (Wildman–Crippen LogP) is 3.46. The summed E-state index contributed by atoms with van der Waals surface area (Å²) in [6.07, 6.45) is 0. The van der Waals surface area contributed by atoms with Crippen molar-refractivity contribution in [1.29, 1.82) is 0 Å². The molecule has 2 aromatic rings. The van der Waals surface area contributed by atoms with Gasteiger partial charge in [-0.2, -0.15) is 4.98 Å². The Hall–Kier alpha value is -1.66. The minimum absolute atomic E-state index is 0.0905. The lowest BCUT2D eigenvalue weighted by Crippen LogP contribution is -2.15. The molecule has 0 unspecified atom stereocenters. The van der Waals surface area contributed by atoms with Crippen LogP contribution in [0.25, 0.3) is 0 Å².